The maximum Gasteiger partial charge on any atom is 0.221 e. The Morgan fingerprint density at radius 3 is 2.54 bits per heavy atom. The van der Waals surface area contributed by atoms with Crippen LogP contribution in [0, 0.1) is 5.41 Å². The van der Waals surface area contributed by atoms with E-state index in [1.54, 1.807) is 12.1 Å². The SMILES string of the molecule is N=C(N)c1ccc(CC(N)=O)cn1. The van der Waals surface area contributed by atoms with Gasteiger partial charge in [0, 0.05) is 6.20 Å². The predicted octanol–water partition coefficient (Wildman–Crippen LogP) is -0.607. The van der Waals surface area contributed by atoms with Crippen molar-refractivity contribution in [2.75, 3.05) is 0 Å². The summed E-state index contributed by atoms with van der Waals surface area (Å²) in [6.07, 6.45) is 1.65. The Kier molecular flexibility index (Phi) is 2.59. The monoisotopic (exact) mass is 178 g/mol. The first kappa shape index (κ1) is 9.18. The zero-order valence-electron chi connectivity index (χ0n) is 6.95. The van der Waals surface area contributed by atoms with E-state index in [4.69, 9.17) is 16.9 Å². The van der Waals surface area contributed by atoms with E-state index in [0.717, 1.165) is 5.56 Å². The molecule has 0 aliphatic rings. The number of carbonyl (C=O) groups excluding carboxylic acids is 1. The van der Waals surface area contributed by atoms with Crippen LogP contribution in [0.5, 0.6) is 0 Å². The lowest BCUT2D eigenvalue weighted by Crippen LogP contribution is -2.15. The number of hydrogen-bond acceptors (Lipinski definition) is 3. The lowest BCUT2D eigenvalue weighted by Gasteiger charge is -1.99. The zero-order chi connectivity index (χ0) is 9.84. The normalized spacial score (nSPS) is 9.54. The number of aromatic nitrogens is 1. The molecule has 0 spiro atoms. The van der Waals surface area contributed by atoms with Crippen LogP contribution in [0.1, 0.15) is 11.3 Å². The first-order valence-corrected chi connectivity index (χ1v) is 3.67. The number of amidine groups is 1. The molecular formula is C8H10N4O. The van der Waals surface area contributed by atoms with Crippen molar-refractivity contribution in [3.63, 3.8) is 0 Å². The second kappa shape index (κ2) is 3.66. The topological polar surface area (TPSA) is 106 Å². The van der Waals surface area contributed by atoms with Crippen molar-refractivity contribution < 1.29 is 4.79 Å². The molecule has 1 aromatic heterocycles. The van der Waals surface area contributed by atoms with Gasteiger partial charge >= 0.3 is 0 Å². The molecule has 0 saturated carbocycles. The minimum atomic E-state index is -0.405. The molecule has 0 aliphatic carbocycles. The number of carbonyl (C=O) groups is 1. The molecule has 0 fully saturated rings. The van der Waals surface area contributed by atoms with Crippen LogP contribution in [0.2, 0.25) is 0 Å². The predicted molar refractivity (Wildman–Crippen MR) is 48.2 cm³/mol. The fourth-order valence-electron chi connectivity index (χ4n) is 0.890. The van der Waals surface area contributed by atoms with E-state index < -0.39 is 5.91 Å². The summed E-state index contributed by atoms with van der Waals surface area (Å²) in [6, 6.07) is 3.26. The molecule has 0 aromatic carbocycles. The Balaban J connectivity index is 2.81. The minimum Gasteiger partial charge on any atom is -0.382 e. The lowest BCUT2D eigenvalue weighted by atomic mass is 10.2. The van der Waals surface area contributed by atoms with Crippen molar-refractivity contribution in [1.82, 2.24) is 4.98 Å². The Bertz CT molecular complexity index is 331. The molecule has 1 rings (SSSR count). The number of amides is 1. The Hall–Kier alpha value is -1.91. The summed E-state index contributed by atoms with van der Waals surface area (Å²) in [5.74, 6) is -0.497. The molecule has 5 heteroatoms. The highest BCUT2D eigenvalue weighted by Gasteiger charge is 2.00. The van der Waals surface area contributed by atoms with E-state index in [9.17, 15) is 4.79 Å². The van der Waals surface area contributed by atoms with Crippen LogP contribution in [0.25, 0.3) is 0 Å². The highest BCUT2D eigenvalue weighted by molar-refractivity contribution is 5.92. The number of hydrogen-bond donors (Lipinski definition) is 3. The van der Waals surface area contributed by atoms with Gasteiger partial charge in [0.15, 0.2) is 0 Å². The van der Waals surface area contributed by atoms with E-state index in [-0.39, 0.29) is 12.3 Å². The molecule has 13 heavy (non-hydrogen) atoms. The van der Waals surface area contributed by atoms with Crippen LogP contribution in [0.4, 0.5) is 0 Å². The van der Waals surface area contributed by atoms with Crippen LogP contribution in [0.3, 0.4) is 0 Å². The van der Waals surface area contributed by atoms with Crippen LogP contribution < -0.4 is 11.5 Å². The van der Waals surface area contributed by atoms with Gasteiger partial charge in [0.2, 0.25) is 5.91 Å². The Morgan fingerprint density at radius 2 is 2.15 bits per heavy atom. The van der Waals surface area contributed by atoms with Crippen molar-refractivity contribution in [2.24, 2.45) is 11.5 Å². The van der Waals surface area contributed by atoms with Gasteiger partial charge in [-0.15, -0.1) is 0 Å². The molecule has 1 heterocycles. The second-order valence-corrected chi connectivity index (χ2v) is 2.61. The minimum absolute atomic E-state index is 0.0920. The summed E-state index contributed by atoms with van der Waals surface area (Å²) >= 11 is 0. The van der Waals surface area contributed by atoms with Crippen molar-refractivity contribution in [1.29, 1.82) is 5.41 Å². The summed E-state index contributed by atoms with van der Waals surface area (Å²) in [5, 5.41) is 7.07. The van der Waals surface area contributed by atoms with E-state index >= 15 is 0 Å². The van der Waals surface area contributed by atoms with Crippen LogP contribution in [-0.4, -0.2) is 16.7 Å². The lowest BCUT2D eigenvalue weighted by molar-refractivity contribution is -0.117. The van der Waals surface area contributed by atoms with Gasteiger partial charge in [-0.1, -0.05) is 6.07 Å². The van der Waals surface area contributed by atoms with Crippen molar-refractivity contribution >= 4 is 11.7 Å². The third kappa shape index (κ3) is 2.55. The molecule has 0 aliphatic heterocycles. The average molecular weight is 178 g/mol. The quantitative estimate of drug-likeness (QED) is 0.424. The number of nitrogens with one attached hydrogen (secondary N) is 1. The highest BCUT2D eigenvalue weighted by atomic mass is 16.1. The third-order valence-electron chi connectivity index (χ3n) is 1.48. The first-order chi connectivity index (χ1) is 6.09. The van der Waals surface area contributed by atoms with E-state index in [1.165, 1.54) is 6.20 Å². The number of nitrogen functional groups attached to an aromatic ring is 1. The summed E-state index contributed by atoms with van der Waals surface area (Å²) in [7, 11) is 0. The van der Waals surface area contributed by atoms with Crippen molar-refractivity contribution in [3.8, 4) is 0 Å². The zero-order valence-corrected chi connectivity index (χ0v) is 6.95. The summed E-state index contributed by atoms with van der Waals surface area (Å²) in [4.78, 5) is 14.4. The molecule has 0 atom stereocenters. The fourth-order valence-corrected chi connectivity index (χ4v) is 0.890. The number of nitrogens with zero attached hydrogens (tertiary/aromatic N) is 1. The Morgan fingerprint density at radius 1 is 1.46 bits per heavy atom. The molecule has 68 valence electrons. The van der Waals surface area contributed by atoms with Crippen LogP contribution >= 0.6 is 0 Å². The molecule has 5 nitrogen and oxygen atoms in total. The molecule has 1 amide bonds. The highest BCUT2D eigenvalue weighted by Crippen LogP contribution is 2.00. The molecule has 0 unspecified atom stereocenters. The van der Waals surface area contributed by atoms with Gasteiger partial charge < -0.3 is 11.5 Å². The van der Waals surface area contributed by atoms with Crippen molar-refractivity contribution in [3.05, 3.63) is 29.6 Å². The number of rotatable bonds is 3. The van der Waals surface area contributed by atoms with E-state index in [2.05, 4.69) is 4.98 Å². The van der Waals surface area contributed by atoms with Crippen LogP contribution in [0.15, 0.2) is 18.3 Å². The molecule has 0 radical (unpaired) electrons. The number of pyridine rings is 1. The third-order valence-corrected chi connectivity index (χ3v) is 1.48. The van der Waals surface area contributed by atoms with Gasteiger partial charge in [0.25, 0.3) is 0 Å². The average Bonchev–Trinajstić information content (AvgIpc) is 2.04. The van der Waals surface area contributed by atoms with Gasteiger partial charge in [-0.25, -0.2) is 0 Å². The standard InChI is InChI=1S/C8H10N4O/c9-7(13)3-5-1-2-6(8(10)11)12-4-5/h1-2,4H,3H2,(H2,9,13)(H3,10,11). The molecule has 0 saturated heterocycles. The molecular weight excluding hydrogens is 168 g/mol. The van der Waals surface area contributed by atoms with Crippen LogP contribution in [-0.2, 0) is 11.2 Å². The maximum absolute atomic E-state index is 10.5. The summed E-state index contributed by atoms with van der Waals surface area (Å²) in [6.45, 7) is 0. The van der Waals surface area contributed by atoms with Gasteiger partial charge in [0.05, 0.1) is 6.42 Å². The summed E-state index contributed by atoms with van der Waals surface area (Å²) in [5.41, 5.74) is 11.3. The molecule has 5 N–H and O–H groups in total. The smallest absolute Gasteiger partial charge is 0.221 e. The molecule has 1 aromatic rings. The van der Waals surface area contributed by atoms with Crippen molar-refractivity contribution in [2.45, 2.75) is 6.42 Å². The van der Waals surface area contributed by atoms with Gasteiger partial charge in [0.1, 0.15) is 11.5 Å². The van der Waals surface area contributed by atoms with E-state index in [1.807, 2.05) is 0 Å². The summed E-state index contributed by atoms with van der Waals surface area (Å²) < 4.78 is 0. The Labute approximate surface area is 75.3 Å². The number of primary amides is 1. The first-order valence-electron chi connectivity index (χ1n) is 3.67. The fraction of sp³-hybridized carbons (Fsp3) is 0.125. The molecule has 0 bridgehead atoms. The van der Waals surface area contributed by atoms with E-state index in [0.29, 0.717) is 5.69 Å². The van der Waals surface area contributed by atoms with Gasteiger partial charge in [-0.2, -0.15) is 0 Å². The maximum atomic E-state index is 10.5. The van der Waals surface area contributed by atoms with Gasteiger partial charge in [-0.3, -0.25) is 15.2 Å². The number of nitrogens with two attached hydrogens (primary N) is 2. The largest absolute Gasteiger partial charge is 0.382 e. The second-order valence-electron chi connectivity index (χ2n) is 2.61. The van der Waals surface area contributed by atoms with Gasteiger partial charge in [-0.05, 0) is 11.6 Å².